The Morgan fingerprint density at radius 2 is 2.14 bits per heavy atom. The van der Waals surface area contributed by atoms with Crippen LogP contribution in [0.1, 0.15) is 24.7 Å². The van der Waals surface area contributed by atoms with Gasteiger partial charge in [-0.15, -0.1) is 0 Å². The summed E-state index contributed by atoms with van der Waals surface area (Å²) in [5.41, 5.74) is 2.15. The van der Waals surface area contributed by atoms with E-state index >= 15 is 0 Å². The molecule has 0 radical (unpaired) electrons. The first-order valence-electron chi connectivity index (χ1n) is 7.03. The quantitative estimate of drug-likeness (QED) is 0.595. The van der Waals surface area contributed by atoms with Crippen molar-refractivity contribution >= 4 is 38.6 Å². The zero-order chi connectivity index (χ0) is 15.7. The molecule has 2 aromatic heterocycles. The van der Waals surface area contributed by atoms with Crippen molar-refractivity contribution in [3.05, 3.63) is 57.3 Å². The van der Waals surface area contributed by atoms with Gasteiger partial charge in [-0.25, -0.2) is 14.4 Å². The number of imidazole rings is 1. The molecule has 3 aromatic rings. The van der Waals surface area contributed by atoms with E-state index in [4.69, 9.17) is 11.6 Å². The SMILES string of the molecule is CCCc1nc2ccnc(Cl)c2n1Cc1ccc(Br)cc1F. The van der Waals surface area contributed by atoms with Gasteiger partial charge in [0.2, 0.25) is 0 Å². The van der Waals surface area contributed by atoms with Gasteiger partial charge in [0.25, 0.3) is 0 Å². The third-order valence-electron chi connectivity index (χ3n) is 3.51. The molecule has 0 atom stereocenters. The lowest BCUT2D eigenvalue weighted by molar-refractivity contribution is 0.595. The molecule has 0 unspecified atom stereocenters. The molecule has 0 saturated heterocycles. The molecule has 2 heterocycles. The smallest absolute Gasteiger partial charge is 0.154 e. The zero-order valence-electron chi connectivity index (χ0n) is 12.0. The van der Waals surface area contributed by atoms with E-state index in [-0.39, 0.29) is 5.82 Å². The fourth-order valence-electron chi connectivity index (χ4n) is 2.49. The molecule has 0 aliphatic heterocycles. The lowest BCUT2D eigenvalue weighted by atomic mass is 10.2. The Bertz CT molecular complexity index is 832. The molecular formula is C16H14BrClFN3. The van der Waals surface area contributed by atoms with Gasteiger partial charge in [0.05, 0.1) is 12.1 Å². The second-order valence-electron chi connectivity index (χ2n) is 5.07. The van der Waals surface area contributed by atoms with Crippen LogP contribution in [-0.2, 0) is 13.0 Å². The van der Waals surface area contributed by atoms with Gasteiger partial charge in [0.1, 0.15) is 17.2 Å². The van der Waals surface area contributed by atoms with Crippen LogP contribution in [-0.4, -0.2) is 14.5 Å². The van der Waals surface area contributed by atoms with Crippen molar-refractivity contribution in [3.63, 3.8) is 0 Å². The van der Waals surface area contributed by atoms with Gasteiger partial charge >= 0.3 is 0 Å². The maximum atomic E-state index is 14.1. The van der Waals surface area contributed by atoms with Gasteiger partial charge in [-0.1, -0.05) is 40.5 Å². The second-order valence-corrected chi connectivity index (χ2v) is 6.34. The second kappa shape index (κ2) is 6.34. The third-order valence-corrected chi connectivity index (χ3v) is 4.28. The summed E-state index contributed by atoms with van der Waals surface area (Å²) in [4.78, 5) is 8.74. The minimum Gasteiger partial charge on any atom is -0.321 e. The van der Waals surface area contributed by atoms with Gasteiger partial charge in [-0.05, 0) is 24.6 Å². The van der Waals surface area contributed by atoms with Crippen LogP contribution in [0, 0.1) is 5.82 Å². The first-order chi connectivity index (χ1) is 10.6. The summed E-state index contributed by atoms with van der Waals surface area (Å²) in [5, 5.41) is 0.393. The van der Waals surface area contributed by atoms with Crippen LogP contribution in [0.15, 0.2) is 34.9 Å². The van der Waals surface area contributed by atoms with Crippen LogP contribution >= 0.6 is 27.5 Å². The summed E-state index contributed by atoms with van der Waals surface area (Å²) in [6, 6.07) is 6.89. The largest absolute Gasteiger partial charge is 0.321 e. The minimum atomic E-state index is -0.251. The number of halogens is 3. The Labute approximate surface area is 141 Å². The Morgan fingerprint density at radius 1 is 1.32 bits per heavy atom. The number of aryl methyl sites for hydroxylation is 1. The van der Waals surface area contributed by atoms with Crippen LogP contribution < -0.4 is 0 Å². The maximum absolute atomic E-state index is 14.1. The summed E-state index contributed by atoms with van der Waals surface area (Å²) in [5.74, 6) is 0.647. The predicted octanol–water partition coefficient (Wildman–Crippen LogP) is 4.99. The molecule has 3 nitrogen and oxygen atoms in total. The van der Waals surface area contributed by atoms with Crippen molar-refractivity contribution < 1.29 is 4.39 Å². The molecule has 114 valence electrons. The van der Waals surface area contributed by atoms with E-state index in [1.54, 1.807) is 12.3 Å². The van der Waals surface area contributed by atoms with Crippen molar-refractivity contribution in [2.24, 2.45) is 0 Å². The maximum Gasteiger partial charge on any atom is 0.154 e. The van der Waals surface area contributed by atoms with Gasteiger partial charge in [0, 0.05) is 22.7 Å². The first-order valence-corrected chi connectivity index (χ1v) is 8.20. The molecule has 0 fully saturated rings. The molecule has 1 aromatic carbocycles. The van der Waals surface area contributed by atoms with E-state index in [1.807, 2.05) is 16.7 Å². The van der Waals surface area contributed by atoms with Gasteiger partial charge in [-0.3, -0.25) is 0 Å². The molecule has 0 aliphatic carbocycles. The summed E-state index contributed by atoms with van der Waals surface area (Å²) < 4.78 is 16.8. The number of fused-ring (bicyclic) bond motifs is 1. The van der Waals surface area contributed by atoms with E-state index in [2.05, 4.69) is 32.8 Å². The molecule has 0 spiro atoms. The van der Waals surface area contributed by atoms with E-state index in [9.17, 15) is 4.39 Å². The Morgan fingerprint density at radius 3 is 2.86 bits per heavy atom. The first kappa shape index (κ1) is 15.4. The van der Waals surface area contributed by atoms with Gasteiger partial charge < -0.3 is 4.57 Å². The molecule has 6 heteroatoms. The van der Waals surface area contributed by atoms with Crippen LogP contribution in [0.5, 0.6) is 0 Å². The molecule has 0 amide bonds. The third kappa shape index (κ3) is 2.88. The van der Waals surface area contributed by atoms with Crippen molar-refractivity contribution in [2.75, 3.05) is 0 Å². The Kier molecular flexibility index (Phi) is 4.45. The number of hydrogen-bond donors (Lipinski definition) is 0. The van der Waals surface area contributed by atoms with Crippen molar-refractivity contribution in [1.29, 1.82) is 0 Å². The van der Waals surface area contributed by atoms with E-state index in [0.717, 1.165) is 34.2 Å². The number of aromatic nitrogens is 3. The summed E-state index contributed by atoms with van der Waals surface area (Å²) in [6.45, 7) is 2.47. The van der Waals surface area contributed by atoms with Crippen LogP contribution in [0.4, 0.5) is 4.39 Å². The molecule has 0 aliphatic rings. The number of nitrogens with zero attached hydrogens (tertiary/aromatic N) is 3. The standard InChI is InChI=1S/C16H14BrClFN3/c1-2-3-14-21-13-6-7-20-16(18)15(13)22(14)9-10-4-5-11(17)8-12(10)19/h4-8H,2-3,9H2,1H3. The fourth-order valence-corrected chi connectivity index (χ4v) is 3.08. The molecule has 0 N–H and O–H groups in total. The highest BCUT2D eigenvalue weighted by Gasteiger charge is 2.15. The van der Waals surface area contributed by atoms with Crippen LogP contribution in [0.25, 0.3) is 11.0 Å². The van der Waals surface area contributed by atoms with E-state index in [1.165, 1.54) is 6.07 Å². The van der Waals surface area contributed by atoms with Gasteiger partial charge in [-0.2, -0.15) is 0 Å². The van der Waals surface area contributed by atoms with Crippen LogP contribution in [0.2, 0.25) is 5.15 Å². The summed E-state index contributed by atoms with van der Waals surface area (Å²) >= 11 is 9.51. The monoisotopic (exact) mass is 381 g/mol. The average Bonchev–Trinajstić information content (AvgIpc) is 2.81. The van der Waals surface area contributed by atoms with Crippen molar-refractivity contribution in [2.45, 2.75) is 26.3 Å². The van der Waals surface area contributed by atoms with Crippen molar-refractivity contribution in [3.8, 4) is 0 Å². The Balaban J connectivity index is 2.13. The summed E-state index contributed by atoms with van der Waals surface area (Å²) in [6.07, 6.45) is 3.40. The zero-order valence-corrected chi connectivity index (χ0v) is 14.3. The lowest BCUT2D eigenvalue weighted by Gasteiger charge is -2.10. The predicted molar refractivity (Wildman–Crippen MR) is 89.7 cm³/mol. The number of hydrogen-bond acceptors (Lipinski definition) is 2. The van der Waals surface area contributed by atoms with Crippen LogP contribution in [0.3, 0.4) is 0 Å². The highest BCUT2D eigenvalue weighted by atomic mass is 79.9. The topological polar surface area (TPSA) is 30.7 Å². The van der Waals surface area contributed by atoms with Gasteiger partial charge in [0.15, 0.2) is 5.15 Å². The molecule has 3 rings (SSSR count). The highest BCUT2D eigenvalue weighted by Crippen LogP contribution is 2.25. The minimum absolute atomic E-state index is 0.251. The fraction of sp³-hybridized carbons (Fsp3) is 0.250. The Hall–Kier alpha value is -1.46. The molecule has 22 heavy (non-hydrogen) atoms. The highest BCUT2D eigenvalue weighted by molar-refractivity contribution is 9.10. The van der Waals surface area contributed by atoms with E-state index < -0.39 is 0 Å². The van der Waals surface area contributed by atoms with Crippen molar-refractivity contribution in [1.82, 2.24) is 14.5 Å². The normalized spacial score (nSPS) is 11.3. The number of pyridine rings is 1. The number of rotatable bonds is 4. The number of benzene rings is 1. The molecular weight excluding hydrogens is 369 g/mol. The average molecular weight is 383 g/mol. The van der Waals surface area contributed by atoms with E-state index in [0.29, 0.717) is 17.3 Å². The summed E-state index contributed by atoms with van der Waals surface area (Å²) in [7, 11) is 0. The lowest BCUT2D eigenvalue weighted by Crippen LogP contribution is -2.07. The molecule has 0 saturated carbocycles. The molecule has 0 bridgehead atoms.